The molecule has 1 heterocycles. The molecule has 0 aromatic heterocycles. The highest BCUT2D eigenvalue weighted by Crippen LogP contribution is 2.33. The molecular weight excluding hydrogens is 355 g/mol. The lowest BCUT2D eigenvalue weighted by Gasteiger charge is -2.18. The molecule has 0 atom stereocenters. The lowest BCUT2D eigenvalue weighted by atomic mass is 10.1. The van der Waals surface area contributed by atoms with Gasteiger partial charge in [0.15, 0.2) is 0 Å². The van der Waals surface area contributed by atoms with E-state index in [2.05, 4.69) is 34.7 Å². The average molecular weight is 382 g/mol. The fourth-order valence-corrected chi connectivity index (χ4v) is 3.26. The third kappa shape index (κ3) is 4.70. The Balaban J connectivity index is 1.55. The summed E-state index contributed by atoms with van der Waals surface area (Å²) >= 11 is 0. The molecular formula is C22H27FN4O. The van der Waals surface area contributed by atoms with E-state index in [1.54, 1.807) is 18.3 Å². The number of hydrogen-bond donors (Lipinski definition) is 3. The van der Waals surface area contributed by atoms with E-state index in [1.807, 2.05) is 24.3 Å². The molecule has 6 heteroatoms. The summed E-state index contributed by atoms with van der Waals surface area (Å²) in [6.07, 6.45) is 2.64. The molecule has 5 nitrogen and oxygen atoms in total. The second-order valence-corrected chi connectivity index (χ2v) is 6.70. The van der Waals surface area contributed by atoms with Crippen LogP contribution in [0.1, 0.15) is 25.8 Å². The van der Waals surface area contributed by atoms with Crippen molar-refractivity contribution in [2.45, 2.75) is 20.3 Å². The maximum Gasteiger partial charge on any atom is 0.257 e. The zero-order chi connectivity index (χ0) is 19.9. The minimum absolute atomic E-state index is 0.298. The predicted molar refractivity (Wildman–Crippen MR) is 114 cm³/mol. The molecule has 3 N–H and O–H groups in total. The van der Waals surface area contributed by atoms with Gasteiger partial charge in [-0.2, -0.15) is 0 Å². The van der Waals surface area contributed by atoms with Gasteiger partial charge >= 0.3 is 0 Å². The molecule has 1 aliphatic rings. The van der Waals surface area contributed by atoms with Crippen molar-refractivity contribution in [2.75, 3.05) is 42.1 Å². The van der Waals surface area contributed by atoms with Crippen LogP contribution in [0.3, 0.4) is 0 Å². The van der Waals surface area contributed by atoms with Crippen LogP contribution in [-0.4, -0.2) is 37.0 Å². The van der Waals surface area contributed by atoms with Crippen molar-refractivity contribution < 1.29 is 9.18 Å². The fraction of sp³-hybridized carbons (Fsp3) is 0.318. The van der Waals surface area contributed by atoms with Crippen molar-refractivity contribution in [1.29, 1.82) is 0 Å². The molecule has 0 saturated carbocycles. The van der Waals surface area contributed by atoms with Crippen LogP contribution >= 0.6 is 0 Å². The van der Waals surface area contributed by atoms with Gasteiger partial charge in [-0.1, -0.05) is 19.9 Å². The van der Waals surface area contributed by atoms with E-state index in [9.17, 15) is 9.18 Å². The molecule has 148 valence electrons. The molecule has 0 bridgehead atoms. The highest BCUT2D eigenvalue weighted by molar-refractivity contribution is 6.31. The van der Waals surface area contributed by atoms with Gasteiger partial charge < -0.3 is 20.9 Å². The lowest BCUT2D eigenvalue weighted by Crippen LogP contribution is -2.25. The van der Waals surface area contributed by atoms with Crippen LogP contribution in [0.25, 0.3) is 5.57 Å². The predicted octanol–water partition coefficient (Wildman–Crippen LogP) is 4.37. The molecule has 3 rings (SSSR count). The summed E-state index contributed by atoms with van der Waals surface area (Å²) in [6, 6.07) is 12.5. The number of anilines is 3. The van der Waals surface area contributed by atoms with Gasteiger partial charge in [-0.15, -0.1) is 0 Å². The summed E-state index contributed by atoms with van der Waals surface area (Å²) in [4.78, 5) is 14.5. The Morgan fingerprint density at radius 3 is 2.50 bits per heavy atom. The first-order valence-corrected chi connectivity index (χ1v) is 9.75. The molecule has 1 amide bonds. The Hall–Kier alpha value is -2.86. The highest BCUT2D eigenvalue weighted by atomic mass is 19.1. The summed E-state index contributed by atoms with van der Waals surface area (Å²) < 4.78 is 14.1. The Kier molecular flexibility index (Phi) is 6.66. The van der Waals surface area contributed by atoms with Crippen molar-refractivity contribution in [3.05, 3.63) is 60.0 Å². The summed E-state index contributed by atoms with van der Waals surface area (Å²) in [5, 5.41) is 9.18. The van der Waals surface area contributed by atoms with Crippen LogP contribution in [0.5, 0.6) is 0 Å². The van der Waals surface area contributed by atoms with E-state index in [4.69, 9.17) is 0 Å². The first kappa shape index (κ1) is 19.9. The Morgan fingerprint density at radius 2 is 1.79 bits per heavy atom. The molecule has 0 unspecified atom stereocenters. The van der Waals surface area contributed by atoms with Crippen molar-refractivity contribution >= 4 is 28.5 Å². The van der Waals surface area contributed by atoms with Gasteiger partial charge in [-0.25, -0.2) is 4.39 Å². The first-order valence-electron chi connectivity index (χ1n) is 9.75. The number of halogens is 1. The maximum absolute atomic E-state index is 14.1. The number of nitrogens with one attached hydrogen (secondary N) is 3. The van der Waals surface area contributed by atoms with Crippen LogP contribution < -0.4 is 16.0 Å². The molecule has 2 aromatic carbocycles. The number of carbonyl (C=O) groups is 1. The number of fused-ring (bicyclic) bond motifs is 1. The SMILES string of the molecule is CCN(CC)CCCNc1ccc(N/C=C2\C(=O)Nc3cccc(F)c32)cc1. The molecule has 0 spiro atoms. The third-order valence-electron chi connectivity index (χ3n) is 4.92. The smallest absolute Gasteiger partial charge is 0.257 e. The standard InChI is InChI=1S/C22H27FN4O/c1-3-27(4-2)14-6-13-24-16-9-11-17(12-10-16)25-15-18-21-19(23)7-5-8-20(21)26-22(18)28/h5,7-12,15,24-25H,3-4,6,13-14H2,1-2H3,(H,26,28)/b18-15-. The van der Waals surface area contributed by atoms with E-state index in [-0.39, 0.29) is 5.91 Å². The molecule has 28 heavy (non-hydrogen) atoms. The van der Waals surface area contributed by atoms with Gasteiger partial charge in [0.2, 0.25) is 0 Å². The van der Waals surface area contributed by atoms with E-state index in [0.29, 0.717) is 16.8 Å². The summed E-state index contributed by atoms with van der Waals surface area (Å²) in [5.74, 6) is -0.716. The number of carbonyl (C=O) groups excluding carboxylic acids is 1. The normalized spacial score (nSPS) is 14.3. The average Bonchev–Trinajstić information content (AvgIpc) is 3.04. The summed E-state index contributed by atoms with van der Waals surface area (Å²) in [7, 11) is 0. The van der Waals surface area contributed by atoms with Crippen LogP contribution in [0.15, 0.2) is 48.7 Å². The largest absolute Gasteiger partial charge is 0.385 e. The second kappa shape index (κ2) is 9.37. The molecule has 0 fully saturated rings. The van der Waals surface area contributed by atoms with E-state index in [0.717, 1.165) is 44.0 Å². The number of hydrogen-bond acceptors (Lipinski definition) is 4. The quantitative estimate of drug-likeness (QED) is 0.445. The van der Waals surface area contributed by atoms with Gasteiger partial charge in [0.05, 0.1) is 11.3 Å². The van der Waals surface area contributed by atoms with Gasteiger partial charge in [-0.05, 0) is 62.5 Å². The first-order chi connectivity index (χ1) is 13.6. The number of amides is 1. The monoisotopic (exact) mass is 382 g/mol. The fourth-order valence-electron chi connectivity index (χ4n) is 3.26. The zero-order valence-electron chi connectivity index (χ0n) is 16.4. The minimum atomic E-state index is -0.409. The number of nitrogens with zero attached hydrogens (tertiary/aromatic N) is 1. The minimum Gasteiger partial charge on any atom is -0.385 e. The van der Waals surface area contributed by atoms with E-state index >= 15 is 0 Å². The Bertz CT molecular complexity index is 844. The second-order valence-electron chi connectivity index (χ2n) is 6.70. The van der Waals surface area contributed by atoms with E-state index < -0.39 is 5.82 Å². The van der Waals surface area contributed by atoms with Crippen molar-refractivity contribution in [3.63, 3.8) is 0 Å². The molecule has 0 aliphatic carbocycles. The van der Waals surface area contributed by atoms with Crippen molar-refractivity contribution in [3.8, 4) is 0 Å². The molecule has 0 radical (unpaired) electrons. The third-order valence-corrected chi connectivity index (χ3v) is 4.92. The molecule has 0 saturated heterocycles. The molecule has 1 aliphatic heterocycles. The summed E-state index contributed by atoms with van der Waals surface area (Å²) in [6.45, 7) is 8.54. The maximum atomic E-state index is 14.1. The zero-order valence-corrected chi connectivity index (χ0v) is 16.4. The number of rotatable bonds is 9. The van der Waals surface area contributed by atoms with Crippen LogP contribution in [0, 0.1) is 5.82 Å². The van der Waals surface area contributed by atoms with Gasteiger partial charge in [0, 0.05) is 29.7 Å². The van der Waals surface area contributed by atoms with Gasteiger partial charge in [0.1, 0.15) is 5.82 Å². The van der Waals surface area contributed by atoms with Gasteiger partial charge in [0.25, 0.3) is 5.91 Å². The van der Waals surface area contributed by atoms with Crippen molar-refractivity contribution in [1.82, 2.24) is 4.90 Å². The Morgan fingerprint density at radius 1 is 1.07 bits per heavy atom. The topological polar surface area (TPSA) is 56.4 Å². The number of benzene rings is 2. The van der Waals surface area contributed by atoms with Crippen LogP contribution in [0.2, 0.25) is 0 Å². The van der Waals surface area contributed by atoms with Gasteiger partial charge in [-0.3, -0.25) is 4.79 Å². The Labute approximate surface area is 165 Å². The molecule has 2 aromatic rings. The highest BCUT2D eigenvalue weighted by Gasteiger charge is 2.27. The van der Waals surface area contributed by atoms with Crippen molar-refractivity contribution in [2.24, 2.45) is 0 Å². The van der Waals surface area contributed by atoms with Crippen LogP contribution in [-0.2, 0) is 4.79 Å². The summed E-state index contributed by atoms with van der Waals surface area (Å²) in [5.41, 5.74) is 2.99. The van der Waals surface area contributed by atoms with Crippen LogP contribution in [0.4, 0.5) is 21.5 Å². The lowest BCUT2D eigenvalue weighted by molar-refractivity contribution is -0.110. The van der Waals surface area contributed by atoms with E-state index in [1.165, 1.54) is 6.07 Å².